The summed E-state index contributed by atoms with van der Waals surface area (Å²) in [6, 6.07) is 6.65. The zero-order valence-corrected chi connectivity index (χ0v) is 13.1. The Labute approximate surface area is 127 Å². The molecule has 2 fully saturated rings. The van der Waals surface area contributed by atoms with Crippen LogP contribution in [0.1, 0.15) is 56.9 Å². The molecule has 0 bridgehead atoms. The molecule has 2 aliphatic carbocycles. The van der Waals surface area contributed by atoms with Gasteiger partial charge in [-0.05, 0) is 37.3 Å². The van der Waals surface area contributed by atoms with Crippen molar-refractivity contribution >= 4 is 5.69 Å². The third-order valence-electron chi connectivity index (χ3n) is 4.95. The summed E-state index contributed by atoms with van der Waals surface area (Å²) in [5.74, 6) is -0.0724. The van der Waals surface area contributed by atoms with E-state index in [9.17, 15) is 4.39 Å². The minimum atomic E-state index is -0.0724. The number of benzene rings is 1. The van der Waals surface area contributed by atoms with Crippen molar-refractivity contribution in [2.24, 2.45) is 0 Å². The van der Waals surface area contributed by atoms with Gasteiger partial charge in [0.1, 0.15) is 5.82 Å². The lowest BCUT2D eigenvalue weighted by atomic mass is 10.0. The number of hydrogen-bond acceptors (Lipinski definition) is 2. The predicted octanol–water partition coefficient (Wildman–Crippen LogP) is 4.24. The first-order valence-corrected chi connectivity index (χ1v) is 8.49. The van der Waals surface area contributed by atoms with Crippen molar-refractivity contribution in [3.05, 3.63) is 29.6 Å². The van der Waals surface area contributed by atoms with E-state index in [4.69, 9.17) is 0 Å². The Balaban J connectivity index is 1.77. The maximum Gasteiger partial charge on any atom is 0.146 e. The molecular weight excluding hydrogens is 263 g/mol. The topological polar surface area (TPSA) is 15.3 Å². The van der Waals surface area contributed by atoms with Crippen LogP contribution in [0.4, 0.5) is 10.1 Å². The zero-order chi connectivity index (χ0) is 14.7. The van der Waals surface area contributed by atoms with E-state index in [-0.39, 0.29) is 5.82 Å². The van der Waals surface area contributed by atoms with Gasteiger partial charge in [-0.15, -0.1) is 0 Å². The molecule has 0 atom stereocenters. The van der Waals surface area contributed by atoms with Gasteiger partial charge in [-0.25, -0.2) is 4.39 Å². The highest BCUT2D eigenvalue weighted by molar-refractivity contribution is 5.55. The molecule has 0 aromatic heterocycles. The molecule has 0 spiro atoms. The highest BCUT2D eigenvalue weighted by Gasteiger charge is 2.24. The summed E-state index contributed by atoms with van der Waals surface area (Å²) in [6.45, 7) is 0.787. The van der Waals surface area contributed by atoms with Gasteiger partial charge in [0.25, 0.3) is 0 Å². The van der Waals surface area contributed by atoms with Crippen LogP contribution in [0.25, 0.3) is 0 Å². The van der Waals surface area contributed by atoms with Crippen molar-refractivity contribution in [1.82, 2.24) is 5.32 Å². The second kappa shape index (κ2) is 6.78. The van der Waals surface area contributed by atoms with Gasteiger partial charge in [0.2, 0.25) is 0 Å². The molecule has 2 aliphatic rings. The molecule has 3 heteroatoms. The fourth-order valence-electron chi connectivity index (χ4n) is 3.47. The summed E-state index contributed by atoms with van der Waals surface area (Å²) >= 11 is 0. The average molecular weight is 290 g/mol. The SMILES string of the molecule is CN(c1c(F)cccc1CNC1CC1)C1CCCCCC1. The number of anilines is 1. The van der Waals surface area contributed by atoms with Crippen LogP contribution in [0.2, 0.25) is 0 Å². The van der Waals surface area contributed by atoms with E-state index in [1.807, 2.05) is 6.07 Å². The van der Waals surface area contributed by atoms with E-state index in [1.54, 1.807) is 6.07 Å². The fourth-order valence-corrected chi connectivity index (χ4v) is 3.47. The number of halogens is 1. The van der Waals surface area contributed by atoms with Crippen molar-refractivity contribution in [3.63, 3.8) is 0 Å². The molecule has 3 rings (SSSR count). The standard InChI is InChI=1S/C18H27FN2/c1-21(16-8-4-2-3-5-9-16)18-14(7-6-10-17(18)19)13-20-15-11-12-15/h6-7,10,15-16,20H,2-5,8-9,11-13H2,1H3. The Morgan fingerprint density at radius 2 is 1.81 bits per heavy atom. The molecule has 1 aromatic carbocycles. The van der Waals surface area contributed by atoms with E-state index in [0.29, 0.717) is 12.1 Å². The third kappa shape index (κ3) is 3.76. The van der Waals surface area contributed by atoms with Gasteiger partial charge in [0.15, 0.2) is 0 Å². The summed E-state index contributed by atoms with van der Waals surface area (Å²) in [4.78, 5) is 2.21. The first-order chi connectivity index (χ1) is 10.3. The van der Waals surface area contributed by atoms with Crippen molar-refractivity contribution in [1.29, 1.82) is 0 Å². The third-order valence-corrected chi connectivity index (χ3v) is 4.95. The number of nitrogens with one attached hydrogen (secondary N) is 1. The van der Waals surface area contributed by atoms with E-state index in [0.717, 1.165) is 17.8 Å². The van der Waals surface area contributed by atoms with E-state index < -0.39 is 0 Å². The smallest absolute Gasteiger partial charge is 0.146 e. The lowest BCUT2D eigenvalue weighted by Crippen LogP contribution is -2.33. The van der Waals surface area contributed by atoms with Gasteiger partial charge in [-0.1, -0.05) is 37.8 Å². The van der Waals surface area contributed by atoms with Crippen LogP contribution in [0, 0.1) is 5.82 Å². The van der Waals surface area contributed by atoms with Gasteiger partial charge in [0, 0.05) is 25.7 Å². The molecule has 0 amide bonds. The molecular formula is C18H27FN2. The first kappa shape index (κ1) is 14.8. The molecule has 0 saturated heterocycles. The Hall–Kier alpha value is -1.09. The maximum absolute atomic E-state index is 14.4. The molecule has 21 heavy (non-hydrogen) atoms. The van der Waals surface area contributed by atoms with Crippen LogP contribution < -0.4 is 10.2 Å². The van der Waals surface area contributed by atoms with Gasteiger partial charge in [0.05, 0.1) is 5.69 Å². The Morgan fingerprint density at radius 1 is 1.10 bits per heavy atom. The summed E-state index contributed by atoms with van der Waals surface area (Å²) < 4.78 is 14.4. The van der Waals surface area contributed by atoms with Gasteiger partial charge in [-0.2, -0.15) is 0 Å². The number of hydrogen-bond donors (Lipinski definition) is 1. The lowest BCUT2D eigenvalue weighted by molar-refractivity contribution is 0.534. The number of nitrogens with zero attached hydrogens (tertiary/aromatic N) is 1. The molecule has 2 nitrogen and oxygen atoms in total. The van der Waals surface area contributed by atoms with E-state index in [1.165, 1.54) is 51.4 Å². The summed E-state index contributed by atoms with van der Waals surface area (Å²) in [5.41, 5.74) is 1.92. The minimum absolute atomic E-state index is 0.0724. The van der Waals surface area contributed by atoms with Gasteiger partial charge >= 0.3 is 0 Å². The molecule has 1 N–H and O–H groups in total. The summed E-state index contributed by atoms with van der Waals surface area (Å²) in [6.07, 6.45) is 10.1. The second-order valence-electron chi connectivity index (χ2n) is 6.66. The highest BCUT2D eigenvalue weighted by Crippen LogP contribution is 2.30. The zero-order valence-electron chi connectivity index (χ0n) is 13.1. The molecule has 1 aromatic rings. The molecule has 0 heterocycles. The minimum Gasteiger partial charge on any atom is -0.369 e. The Morgan fingerprint density at radius 3 is 2.48 bits per heavy atom. The summed E-state index contributed by atoms with van der Waals surface area (Å²) in [7, 11) is 2.08. The van der Waals surface area contributed by atoms with E-state index >= 15 is 0 Å². The quantitative estimate of drug-likeness (QED) is 0.816. The summed E-state index contributed by atoms with van der Waals surface area (Å²) in [5, 5.41) is 3.52. The Kier molecular flexibility index (Phi) is 4.79. The van der Waals surface area contributed by atoms with Gasteiger partial charge < -0.3 is 10.2 Å². The van der Waals surface area contributed by atoms with Crippen molar-refractivity contribution in [2.45, 2.75) is 70.0 Å². The molecule has 0 radical (unpaired) electrons. The molecule has 116 valence electrons. The van der Waals surface area contributed by atoms with Gasteiger partial charge in [-0.3, -0.25) is 0 Å². The first-order valence-electron chi connectivity index (χ1n) is 8.49. The van der Waals surface area contributed by atoms with Crippen molar-refractivity contribution in [2.75, 3.05) is 11.9 Å². The predicted molar refractivity (Wildman–Crippen MR) is 86.2 cm³/mol. The van der Waals surface area contributed by atoms with Crippen LogP contribution in [0.5, 0.6) is 0 Å². The van der Waals surface area contributed by atoms with Crippen LogP contribution in [-0.4, -0.2) is 19.1 Å². The normalized spacial score (nSPS) is 20.3. The second-order valence-corrected chi connectivity index (χ2v) is 6.66. The lowest BCUT2D eigenvalue weighted by Gasteiger charge is -2.31. The largest absolute Gasteiger partial charge is 0.369 e. The monoisotopic (exact) mass is 290 g/mol. The van der Waals surface area contributed by atoms with Crippen LogP contribution in [-0.2, 0) is 6.54 Å². The Bertz CT molecular complexity index is 462. The molecule has 0 aliphatic heterocycles. The highest BCUT2D eigenvalue weighted by atomic mass is 19.1. The molecule has 2 saturated carbocycles. The van der Waals surface area contributed by atoms with Crippen LogP contribution >= 0.6 is 0 Å². The van der Waals surface area contributed by atoms with Crippen molar-refractivity contribution in [3.8, 4) is 0 Å². The van der Waals surface area contributed by atoms with E-state index in [2.05, 4.69) is 23.3 Å². The average Bonchev–Trinajstić information content (AvgIpc) is 3.31. The maximum atomic E-state index is 14.4. The van der Waals surface area contributed by atoms with Crippen LogP contribution in [0.3, 0.4) is 0 Å². The fraction of sp³-hybridized carbons (Fsp3) is 0.667. The number of para-hydroxylation sites is 1. The molecule has 0 unspecified atom stereocenters. The van der Waals surface area contributed by atoms with Crippen molar-refractivity contribution < 1.29 is 4.39 Å². The van der Waals surface area contributed by atoms with Crippen LogP contribution in [0.15, 0.2) is 18.2 Å². The number of rotatable bonds is 5.